The lowest BCUT2D eigenvalue weighted by molar-refractivity contribution is -0.132. The number of nitrogens with two attached hydrogens (primary N) is 1. The van der Waals surface area contributed by atoms with Gasteiger partial charge in [-0.1, -0.05) is 44.2 Å². The number of amides is 1. The third-order valence-electron chi connectivity index (χ3n) is 2.72. The van der Waals surface area contributed by atoms with Crippen molar-refractivity contribution < 1.29 is 4.79 Å². The summed E-state index contributed by atoms with van der Waals surface area (Å²) in [4.78, 5) is 14.1. The zero-order valence-corrected chi connectivity index (χ0v) is 10.7. The van der Waals surface area contributed by atoms with Gasteiger partial charge in [-0.15, -0.1) is 0 Å². The predicted octanol–water partition coefficient (Wildman–Crippen LogP) is 2.34. The highest BCUT2D eigenvalue weighted by Gasteiger charge is 2.20. The molecule has 0 fully saturated rings. The van der Waals surface area contributed by atoms with Crippen LogP contribution in [-0.2, 0) is 4.79 Å². The van der Waals surface area contributed by atoms with Crippen molar-refractivity contribution in [2.75, 3.05) is 13.1 Å². The summed E-state index contributed by atoms with van der Waals surface area (Å²) in [7, 11) is 0. The highest BCUT2D eigenvalue weighted by Crippen LogP contribution is 2.13. The molecule has 0 aliphatic carbocycles. The number of carbonyl (C=O) groups excluding carboxylic acids is 1. The normalized spacial score (nSPS) is 12.2. The molecule has 0 heterocycles. The summed E-state index contributed by atoms with van der Waals surface area (Å²) in [5, 5.41) is 0. The molecule has 0 aliphatic rings. The predicted molar refractivity (Wildman–Crippen MR) is 70.5 cm³/mol. The number of nitrogens with zero attached hydrogens (tertiary/aromatic N) is 1. The van der Waals surface area contributed by atoms with E-state index in [-0.39, 0.29) is 5.91 Å². The maximum absolute atomic E-state index is 12.2. The Hall–Kier alpha value is -1.35. The second-order valence-electron chi connectivity index (χ2n) is 4.21. The highest BCUT2D eigenvalue weighted by atomic mass is 16.2. The lowest BCUT2D eigenvalue weighted by Gasteiger charge is -2.25. The first-order chi connectivity index (χ1) is 8.20. The van der Waals surface area contributed by atoms with Crippen LogP contribution in [0, 0.1) is 0 Å². The van der Waals surface area contributed by atoms with Gasteiger partial charge in [0.1, 0.15) is 6.04 Å². The molecule has 1 amide bonds. The quantitative estimate of drug-likeness (QED) is 0.821. The van der Waals surface area contributed by atoms with E-state index in [2.05, 4.69) is 13.8 Å². The van der Waals surface area contributed by atoms with Crippen molar-refractivity contribution in [3.63, 3.8) is 0 Å². The standard InChI is InChI=1S/C14H22N2O/c1-3-10-16(11-4-2)14(17)13(15)12-8-6-5-7-9-12/h5-9,13H,3-4,10-11,15H2,1-2H3/t13-/m1/s1. The van der Waals surface area contributed by atoms with Gasteiger partial charge in [0.2, 0.25) is 5.91 Å². The summed E-state index contributed by atoms with van der Waals surface area (Å²) in [6.45, 7) is 5.72. The minimum Gasteiger partial charge on any atom is -0.341 e. The fourth-order valence-electron chi connectivity index (χ4n) is 1.87. The zero-order valence-electron chi connectivity index (χ0n) is 10.7. The van der Waals surface area contributed by atoms with Gasteiger partial charge in [-0.05, 0) is 18.4 Å². The third kappa shape index (κ3) is 3.86. The first-order valence-electron chi connectivity index (χ1n) is 6.30. The van der Waals surface area contributed by atoms with Gasteiger partial charge in [0.05, 0.1) is 0 Å². The van der Waals surface area contributed by atoms with Gasteiger partial charge in [0.25, 0.3) is 0 Å². The summed E-state index contributed by atoms with van der Waals surface area (Å²) in [5.41, 5.74) is 6.89. The monoisotopic (exact) mass is 234 g/mol. The minimum atomic E-state index is -0.533. The van der Waals surface area contributed by atoms with Gasteiger partial charge in [-0.25, -0.2) is 0 Å². The maximum Gasteiger partial charge on any atom is 0.244 e. The Morgan fingerprint density at radius 1 is 1.18 bits per heavy atom. The fraction of sp³-hybridized carbons (Fsp3) is 0.500. The number of rotatable bonds is 6. The molecule has 0 saturated carbocycles. The van der Waals surface area contributed by atoms with Crippen LogP contribution in [0.1, 0.15) is 38.3 Å². The molecule has 3 nitrogen and oxygen atoms in total. The van der Waals surface area contributed by atoms with Gasteiger partial charge in [0, 0.05) is 13.1 Å². The van der Waals surface area contributed by atoms with Crippen LogP contribution in [0.25, 0.3) is 0 Å². The summed E-state index contributed by atoms with van der Waals surface area (Å²) in [6, 6.07) is 9.02. The Bertz CT molecular complexity index is 331. The maximum atomic E-state index is 12.2. The van der Waals surface area contributed by atoms with E-state index < -0.39 is 6.04 Å². The summed E-state index contributed by atoms with van der Waals surface area (Å²) < 4.78 is 0. The lowest BCUT2D eigenvalue weighted by Crippen LogP contribution is -2.39. The second-order valence-corrected chi connectivity index (χ2v) is 4.21. The molecule has 0 aliphatic heterocycles. The SMILES string of the molecule is CCCN(CCC)C(=O)[C@H](N)c1ccccc1. The Labute approximate surface area is 104 Å². The lowest BCUT2D eigenvalue weighted by atomic mass is 10.1. The molecule has 1 rings (SSSR count). The van der Waals surface area contributed by atoms with E-state index in [1.54, 1.807) is 0 Å². The number of hydrogen-bond acceptors (Lipinski definition) is 2. The van der Waals surface area contributed by atoms with E-state index in [4.69, 9.17) is 5.73 Å². The molecule has 0 radical (unpaired) electrons. The van der Waals surface area contributed by atoms with Crippen LogP contribution < -0.4 is 5.73 Å². The Kier molecular flexibility index (Phi) is 5.70. The van der Waals surface area contributed by atoms with Crippen molar-refractivity contribution in [3.8, 4) is 0 Å². The van der Waals surface area contributed by atoms with Crippen LogP contribution in [0.4, 0.5) is 0 Å². The molecule has 2 N–H and O–H groups in total. The van der Waals surface area contributed by atoms with Crippen LogP contribution in [-0.4, -0.2) is 23.9 Å². The number of hydrogen-bond donors (Lipinski definition) is 1. The average molecular weight is 234 g/mol. The Morgan fingerprint density at radius 3 is 2.18 bits per heavy atom. The summed E-state index contributed by atoms with van der Waals surface area (Å²) in [6.07, 6.45) is 1.93. The molecular weight excluding hydrogens is 212 g/mol. The molecule has 1 aromatic carbocycles. The van der Waals surface area contributed by atoms with E-state index in [0.717, 1.165) is 31.5 Å². The van der Waals surface area contributed by atoms with Gasteiger partial charge in [-0.3, -0.25) is 4.79 Å². The first-order valence-corrected chi connectivity index (χ1v) is 6.30. The zero-order chi connectivity index (χ0) is 12.7. The summed E-state index contributed by atoms with van der Waals surface area (Å²) >= 11 is 0. The van der Waals surface area contributed by atoms with Crippen LogP contribution in [0.2, 0.25) is 0 Å². The molecule has 1 aromatic rings. The number of benzene rings is 1. The van der Waals surface area contributed by atoms with Crippen LogP contribution >= 0.6 is 0 Å². The van der Waals surface area contributed by atoms with Crippen molar-refractivity contribution in [2.45, 2.75) is 32.7 Å². The molecule has 3 heteroatoms. The summed E-state index contributed by atoms with van der Waals surface area (Å²) in [5.74, 6) is 0.0277. The number of carbonyl (C=O) groups is 1. The van der Waals surface area contributed by atoms with Crippen molar-refractivity contribution in [1.82, 2.24) is 4.90 Å². The van der Waals surface area contributed by atoms with E-state index in [9.17, 15) is 4.79 Å². The molecule has 0 saturated heterocycles. The molecule has 0 bridgehead atoms. The van der Waals surface area contributed by atoms with E-state index in [1.807, 2.05) is 35.2 Å². The largest absolute Gasteiger partial charge is 0.341 e. The molecule has 1 atom stereocenters. The second kappa shape index (κ2) is 7.07. The van der Waals surface area contributed by atoms with E-state index in [0.29, 0.717) is 0 Å². The Balaban J connectivity index is 2.73. The van der Waals surface area contributed by atoms with Crippen molar-refractivity contribution in [2.24, 2.45) is 5.73 Å². The molecule has 0 aromatic heterocycles. The Morgan fingerprint density at radius 2 is 1.71 bits per heavy atom. The smallest absolute Gasteiger partial charge is 0.244 e. The van der Waals surface area contributed by atoms with Crippen LogP contribution in [0.15, 0.2) is 30.3 Å². The molecule has 17 heavy (non-hydrogen) atoms. The average Bonchev–Trinajstić information content (AvgIpc) is 2.38. The van der Waals surface area contributed by atoms with Gasteiger partial charge in [-0.2, -0.15) is 0 Å². The van der Waals surface area contributed by atoms with Gasteiger partial charge < -0.3 is 10.6 Å². The molecule has 94 valence electrons. The highest BCUT2D eigenvalue weighted by molar-refractivity contribution is 5.83. The van der Waals surface area contributed by atoms with Crippen molar-refractivity contribution >= 4 is 5.91 Å². The topological polar surface area (TPSA) is 46.3 Å². The van der Waals surface area contributed by atoms with E-state index >= 15 is 0 Å². The van der Waals surface area contributed by atoms with Gasteiger partial charge >= 0.3 is 0 Å². The molecule has 0 unspecified atom stereocenters. The molecule has 0 spiro atoms. The third-order valence-corrected chi connectivity index (χ3v) is 2.72. The van der Waals surface area contributed by atoms with Crippen LogP contribution in [0.5, 0.6) is 0 Å². The van der Waals surface area contributed by atoms with Crippen molar-refractivity contribution in [1.29, 1.82) is 0 Å². The minimum absolute atomic E-state index is 0.0277. The van der Waals surface area contributed by atoms with Crippen molar-refractivity contribution in [3.05, 3.63) is 35.9 Å². The van der Waals surface area contributed by atoms with E-state index in [1.165, 1.54) is 0 Å². The van der Waals surface area contributed by atoms with Crippen LogP contribution in [0.3, 0.4) is 0 Å². The first kappa shape index (κ1) is 13.7. The fourth-order valence-corrected chi connectivity index (χ4v) is 1.87. The molecular formula is C14H22N2O. The van der Waals surface area contributed by atoms with Gasteiger partial charge in [0.15, 0.2) is 0 Å².